The number of rotatable bonds is 3. The second kappa shape index (κ2) is 5.78. The molecule has 0 amide bonds. The van der Waals surface area contributed by atoms with E-state index in [-0.39, 0.29) is 0 Å². The lowest BCUT2D eigenvalue weighted by Crippen LogP contribution is -1.95. The second-order valence-electron chi connectivity index (χ2n) is 5.28. The molecule has 0 spiro atoms. The smallest absolute Gasteiger partial charge is 0.188 e. The molecule has 0 radical (unpaired) electrons. The Morgan fingerprint density at radius 1 is 0.913 bits per heavy atom. The van der Waals surface area contributed by atoms with E-state index in [1.54, 1.807) is 11.3 Å². The van der Waals surface area contributed by atoms with Crippen molar-refractivity contribution in [3.63, 3.8) is 0 Å². The van der Waals surface area contributed by atoms with E-state index in [9.17, 15) is 0 Å². The largest absolute Gasteiger partial charge is 0.315 e. The molecule has 0 bridgehead atoms. The van der Waals surface area contributed by atoms with Crippen LogP contribution in [0.1, 0.15) is 5.69 Å². The van der Waals surface area contributed by atoms with Gasteiger partial charge in [0.1, 0.15) is 0 Å². The van der Waals surface area contributed by atoms with Crippen LogP contribution < -0.4 is 5.32 Å². The first-order chi connectivity index (χ1) is 11.3. The lowest BCUT2D eigenvalue weighted by Gasteiger charge is -2.02. The molecule has 23 heavy (non-hydrogen) atoms. The van der Waals surface area contributed by atoms with Gasteiger partial charge in [0.05, 0.1) is 11.4 Å². The lowest BCUT2D eigenvalue weighted by molar-refractivity contribution is 0.985. The number of nitrogens with one attached hydrogen (secondary N) is 1. The fraction of sp³-hybridized carbons (Fsp3) is 0.0556. The van der Waals surface area contributed by atoms with E-state index in [4.69, 9.17) is 0 Å². The minimum Gasteiger partial charge on any atom is -0.315 e. The molecule has 0 aliphatic rings. The van der Waals surface area contributed by atoms with E-state index in [1.807, 2.05) is 24.4 Å². The average Bonchev–Trinajstić information content (AvgIpc) is 3.05. The third kappa shape index (κ3) is 2.91. The minimum atomic E-state index is 0.704. The number of thiazole rings is 1. The number of hydrogen-bond donors (Lipinski definition) is 1. The third-order valence-corrected chi connectivity index (χ3v) is 4.34. The number of aryl methyl sites for hydroxylation is 1. The molecule has 2 aromatic carbocycles. The molecule has 0 aliphatic carbocycles. The molecule has 5 heteroatoms. The van der Waals surface area contributed by atoms with Gasteiger partial charge in [-0.15, -0.1) is 16.4 Å². The topological polar surface area (TPSA) is 50.7 Å². The molecule has 4 aromatic rings. The number of anilines is 2. The van der Waals surface area contributed by atoms with Gasteiger partial charge in [0.25, 0.3) is 0 Å². The Balaban J connectivity index is 1.62. The lowest BCUT2D eigenvalue weighted by atomic mass is 10.1. The maximum atomic E-state index is 4.64. The summed E-state index contributed by atoms with van der Waals surface area (Å²) in [6.07, 6.45) is 0. The van der Waals surface area contributed by atoms with Crippen LogP contribution in [0.15, 0.2) is 60.0 Å². The highest BCUT2D eigenvalue weighted by molar-refractivity contribution is 7.14. The number of benzene rings is 2. The molecule has 2 aromatic heterocycles. The number of aromatic nitrogens is 3. The van der Waals surface area contributed by atoms with Crippen LogP contribution in [-0.2, 0) is 0 Å². The maximum Gasteiger partial charge on any atom is 0.188 e. The van der Waals surface area contributed by atoms with Crippen molar-refractivity contribution in [2.45, 2.75) is 6.92 Å². The van der Waals surface area contributed by atoms with Gasteiger partial charge in [0.2, 0.25) is 0 Å². The van der Waals surface area contributed by atoms with E-state index in [0.717, 1.165) is 22.1 Å². The van der Waals surface area contributed by atoms with E-state index < -0.39 is 0 Å². The Morgan fingerprint density at radius 2 is 1.78 bits per heavy atom. The predicted molar refractivity (Wildman–Crippen MR) is 95.1 cm³/mol. The fourth-order valence-electron chi connectivity index (χ4n) is 2.39. The van der Waals surface area contributed by atoms with Gasteiger partial charge in [0.15, 0.2) is 10.9 Å². The molecule has 0 fully saturated rings. The second-order valence-corrected chi connectivity index (χ2v) is 6.14. The van der Waals surface area contributed by atoms with Gasteiger partial charge in [-0.1, -0.05) is 36.4 Å². The molecule has 4 rings (SSSR count). The van der Waals surface area contributed by atoms with Crippen molar-refractivity contribution < 1.29 is 0 Å². The summed E-state index contributed by atoms with van der Waals surface area (Å²) < 4.78 is 0. The van der Waals surface area contributed by atoms with Crippen molar-refractivity contribution in [2.24, 2.45) is 0 Å². The zero-order chi connectivity index (χ0) is 15.6. The molecule has 0 atom stereocenters. The average molecular weight is 318 g/mol. The van der Waals surface area contributed by atoms with Gasteiger partial charge in [-0.3, -0.25) is 0 Å². The van der Waals surface area contributed by atoms with Crippen LogP contribution in [0, 0.1) is 6.92 Å². The van der Waals surface area contributed by atoms with E-state index in [1.165, 1.54) is 10.8 Å². The Hall–Kier alpha value is -2.79. The van der Waals surface area contributed by atoms with Crippen LogP contribution in [0.4, 0.5) is 10.9 Å². The summed E-state index contributed by atoms with van der Waals surface area (Å²) in [6, 6.07) is 18.6. The predicted octanol–water partition coefficient (Wildman–Crippen LogP) is 4.81. The summed E-state index contributed by atoms with van der Waals surface area (Å²) in [7, 11) is 0. The highest BCUT2D eigenvalue weighted by Gasteiger charge is 2.06. The van der Waals surface area contributed by atoms with E-state index >= 15 is 0 Å². The first kappa shape index (κ1) is 13.8. The van der Waals surface area contributed by atoms with E-state index in [2.05, 4.69) is 63.0 Å². The number of fused-ring (bicyclic) bond motifs is 1. The Kier molecular flexibility index (Phi) is 3.48. The summed E-state index contributed by atoms with van der Waals surface area (Å²) in [5, 5.41) is 16.6. The van der Waals surface area contributed by atoms with Crippen LogP contribution in [0.2, 0.25) is 0 Å². The van der Waals surface area contributed by atoms with Crippen molar-refractivity contribution in [2.75, 3.05) is 5.32 Å². The monoisotopic (exact) mass is 318 g/mol. The van der Waals surface area contributed by atoms with Crippen molar-refractivity contribution in [1.29, 1.82) is 0 Å². The minimum absolute atomic E-state index is 0.704. The van der Waals surface area contributed by atoms with Gasteiger partial charge in [-0.25, -0.2) is 4.98 Å². The van der Waals surface area contributed by atoms with Gasteiger partial charge in [-0.05, 0) is 35.9 Å². The van der Waals surface area contributed by atoms with Crippen LogP contribution in [0.3, 0.4) is 0 Å². The highest BCUT2D eigenvalue weighted by atomic mass is 32.1. The first-order valence-electron chi connectivity index (χ1n) is 7.30. The van der Waals surface area contributed by atoms with E-state index in [0.29, 0.717) is 5.82 Å². The van der Waals surface area contributed by atoms with Crippen LogP contribution in [0.5, 0.6) is 0 Å². The van der Waals surface area contributed by atoms with Gasteiger partial charge in [-0.2, -0.15) is 5.10 Å². The number of nitrogens with zero attached hydrogens (tertiary/aromatic N) is 3. The summed E-state index contributed by atoms with van der Waals surface area (Å²) >= 11 is 1.56. The molecule has 0 unspecified atom stereocenters. The Labute approximate surface area is 137 Å². The summed E-state index contributed by atoms with van der Waals surface area (Å²) in [5.74, 6) is 0.704. The zero-order valence-corrected chi connectivity index (χ0v) is 13.3. The summed E-state index contributed by atoms with van der Waals surface area (Å²) in [5.41, 5.74) is 2.97. The molecule has 4 nitrogen and oxygen atoms in total. The molecule has 112 valence electrons. The van der Waals surface area contributed by atoms with Crippen molar-refractivity contribution in [1.82, 2.24) is 15.2 Å². The normalized spacial score (nSPS) is 10.8. The SMILES string of the molecule is Cc1ccc(Nc2nc(-c3ccc4ccccc4c3)cs2)nn1. The summed E-state index contributed by atoms with van der Waals surface area (Å²) in [4.78, 5) is 4.64. The highest BCUT2D eigenvalue weighted by Crippen LogP contribution is 2.28. The standard InChI is InChI=1S/C18H14N4S/c1-12-6-9-17(22-21-12)20-18-19-16(11-23-18)15-8-7-13-4-2-3-5-14(13)10-15/h2-11H,1H3,(H,19,20,22). The van der Waals surface area contributed by atoms with Gasteiger partial charge >= 0.3 is 0 Å². The molecule has 1 N–H and O–H groups in total. The number of hydrogen-bond acceptors (Lipinski definition) is 5. The molecular formula is C18H14N4S. The third-order valence-electron chi connectivity index (χ3n) is 3.58. The van der Waals surface area contributed by atoms with Crippen LogP contribution in [0.25, 0.3) is 22.0 Å². The molecular weight excluding hydrogens is 304 g/mol. The fourth-order valence-corrected chi connectivity index (χ4v) is 3.11. The maximum absolute atomic E-state index is 4.64. The van der Waals surface area contributed by atoms with Crippen molar-refractivity contribution in [3.05, 3.63) is 65.7 Å². The quantitative estimate of drug-likeness (QED) is 0.589. The van der Waals surface area contributed by atoms with Gasteiger partial charge in [0, 0.05) is 10.9 Å². The summed E-state index contributed by atoms with van der Waals surface area (Å²) in [6.45, 7) is 1.91. The van der Waals surface area contributed by atoms with Crippen LogP contribution in [-0.4, -0.2) is 15.2 Å². The zero-order valence-electron chi connectivity index (χ0n) is 12.5. The molecule has 0 saturated carbocycles. The van der Waals surface area contributed by atoms with Gasteiger partial charge < -0.3 is 5.32 Å². The molecule has 0 aliphatic heterocycles. The first-order valence-corrected chi connectivity index (χ1v) is 8.18. The molecule has 2 heterocycles. The Bertz CT molecular complexity index is 960. The Morgan fingerprint density at radius 3 is 2.61 bits per heavy atom. The van der Waals surface area contributed by atoms with Crippen LogP contribution >= 0.6 is 11.3 Å². The van der Waals surface area contributed by atoms with Crippen molar-refractivity contribution >= 4 is 33.1 Å². The van der Waals surface area contributed by atoms with Crippen molar-refractivity contribution in [3.8, 4) is 11.3 Å². The molecule has 0 saturated heterocycles.